The Balaban J connectivity index is 5.27. The first-order valence-corrected chi connectivity index (χ1v) is 17.1. The molecule has 0 aliphatic rings. The van der Waals surface area contributed by atoms with Crippen molar-refractivity contribution in [2.24, 2.45) is 5.73 Å². The molecule has 0 aromatic rings. The Bertz CT molecular complexity index is 668. The fraction of sp³-hybridized carbons (Fsp3) is 0.912. The second-order valence-electron chi connectivity index (χ2n) is 13.3. The van der Waals surface area contributed by atoms with E-state index in [2.05, 4.69) is 13.8 Å². The number of aliphatic carboxylic acids is 1. The molecule has 0 aliphatic carbocycles. The first-order chi connectivity index (χ1) is 19.5. The van der Waals surface area contributed by atoms with Crippen LogP contribution in [-0.2, 0) is 14.4 Å². The standard InChI is InChI=1S/C34H67N3O4/c1-6-8-10-12-14-16-18-20-22-24-28-36(29-25-23-21-19-17-15-13-11-9-7-2)34(33(35)41,27-26-32(39)40)31(38)30-37(3,4)5/h6-30H2,1-5H3,(H2-,35,39,40,41)/p+1/t34-/m0/s1. The lowest BCUT2D eigenvalue weighted by molar-refractivity contribution is -0.862. The SMILES string of the molecule is CCCCCCCCCCCCN(CCCCCCCCCCCC)[C@](CCC(=O)O)(C(N)=O)C(=O)C[N+](C)(C)C. The molecule has 1 atom stereocenters. The summed E-state index contributed by atoms with van der Waals surface area (Å²) in [4.78, 5) is 40.5. The van der Waals surface area contributed by atoms with Gasteiger partial charge in [-0.1, -0.05) is 129 Å². The van der Waals surface area contributed by atoms with Crippen molar-refractivity contribution in [1.29, 1.82) is 0 Å². The van der Waals surface area contributed by atoms with Crippen molar-refractivity contribution in [3.8, 4) is 0 Å². The molecule has 3 N–H and O–H groups in total. The average molecular weight is 583 g/mol. The van der Waals surface area contributed by atoms with Crippen molar-refractivity contribution in [2.45, 2.75) is 161 Å². The molecule has 0 saturated carbocycles. The number of nitrogens with zero attached hydrogens (tertiary/aromatic N) is 2. The van der Waals surface area contributed by atoms with Gasteiger partial charge in [0.15, 0.2) is 5.54 Å². The molecule has 0 bridgehead atoms. The van der Waals surface area contributed by atoms with E-state index in [0.29, 0.717) is 17.6 Å². The minimum atomic E-state index is -1.57. The molecule has 0 rings (SSSR count). The number of quaternary nitrogens is 1. The van der Waals surface area contributed by atoms with Gasteiger partial charge in [0.25, 0.3) is 0 Å². The van der Waals surface area contributed by atoms with E-state index in [1.807, 2.05) is 26.0 Å². The lowest BCUT2D eigenvalue weighted by atomic mass is 9.84. The number of carbonyl (C=O) groups is 3. The molecular formula is C34H68N3O4+. The van der Waals surface area contributed by atoms with Gasteiger partial charge in [-0.2, -0.15) is 0 Å². The van der Waals surface area contributed by atoms with E-state index in [4.69, 9.17) is 5.73 Å². The van der Waals surface area contributed by atoms with Crippen LogP contribution in [-0.4, -0.2) is 78.5 Å². The molecule has 1 amide bonds. The van der Waals surface area contributed by atoms with Crippen LogP contribution in [0.5, 0.6) is 0 Å². The van der Waals surface area contributed by atoms with Gasteiger partial charge >= 0.3 is 5.97 Å². The van der Waals surface area contributed by atoms with Crippen molar-refractivity contribution < 1.29 is 24.0 Å². The number of rotatable bonds is 30. The molecule has 0 radical (unpaired) electrons. The highest BCUT2D eigenvalue weighted by molar-refractivity contribution is 6.10. The van der Waals surface area contributed by atoms with Crippen LogP contribution >= 0.6 is 0 Å². The third-order valence-electron chi connectivity index (χ3n) is 8.29. The van der Waals surface area contributed by atoms with Gasteiger partial charge < -0.3 is 15.3 Å². The van der Waals surface area contributed by atoms with Gasteiger partial charge in [-0.05, 0) is 32.4 Å². The summed E-state index contributed by atoms with van der Waals surface area (Å²) in [5.41, 5.74) is 4.45. The summed E-state index contributed by atoms with van der Waals surface area (Å²) in [6.07, 6.45) is 23.9. The van der Waals surface area contributed by atoms with Gasteiger partial charge in [0, 0.05) is 6.42 Å². The Hall–Kier alpha value is -1.47. The monoisotopic (exact) mass is 583 g/mol. The highest BCUT2D eigenvalue weighted by Crippen LogP contribution is 2.27. The Morgan fingerprint density at radius 2 is 0.976 bits per heavy atom. The summed E-state index contributed by atoms with van der Waals surface area (Å²) in [6.45, 7) is 5.81. The maximum Gasteiger partial charge on any atom is 0.303 e. The number of nitrogens with two attached hydrogens (primary N) is 1. The van der Waals surface area contributed by atoms with Crippen LogP contribution in [0.4, 0.5) is 0 Å². The number of carboxylic acids is 1. The van der Waals surface area contributed by atoms with Crippen molar-refractivity contribution in [3.63, 3.8) is 0 Å². The van der Waals surface area contributed by atoms with Gasteiger partial charge in [-0.3, -0.25) is 19.3 Å². The van der Waals surface area contributed by atoms with Gasteiger partial charge in [-0.25, -0.2) is 0 Å². The Kier molecular flexibility index (Phi) is 23.2. The number of amides is 1. The first kappa shape index (κ1) is 39.5. The smallest absolute Gasteiger partial charge is 0.303 e. The maximum absolute atomic E-state index is 13.8. The number of hydrogen-bond acceptors (Lipinski definition) is 4. The largest absolute Gasteiger partial charge is 0.481 e. The van der Waals surface area contributed by atoms with Crippen LogP contribution in [0.3, 0.4) is 0 Å². The third kappa shape index (κ3) is 19.4. The second kappa shape index (κ2) is 24.0. The van der Waals surface area contributed by atoms with E-state index in [-0.39, 0.29) is 25.2 Å². The quantitative estimate of drug-likeness (QED) is 0.0519. The minimum absolute atomic E-state index is 0.0635. The molecular weight excluding hydrogens is 514 g/mol. The molecule has 0 fully saturated rings. The Labute approximate surface area is 253 Å². The van der Waals surface area contributed by atoms with Gasteiger partial charge in [0.05, 0.1) is 21.1 Å². The number of primary amides is 1. The van der Waals surface area contributed by atoms with Gasteiger partial charge in [-0.15, -0.1) is 0 Å². The van der Waals surface area contributed by atoms with E-state index >= 15 is 0 Å². The number of carboxylic acid groups (broad SMARTS) is 1. The maximum atomic E-state index is 13.8. The van der Waals surface area contributed by atoms with E-state index in [0.717, 1.165) is 38.5 Å². The fourth-order valence-corrected chi connectivity index (χ4v) is 5.81. The highest BCUT2D eigenvalue weighted by Gasteiger charge is 2.50. The summed E-state index contributed by atoms with van der Waals surface area (Å²) >= 11 is 0. The molecule has 0 aliphatic heterocycles. The average Bonchev–Trinajstić information content (AvgIpc) is 2.89. The van der Waals surface area contributed by atoms with E-state index < -0.39 is 17.4 Å². The zero-order valence-corrected chi connectivity index (χ0v) is 27.8. The molecule has 0 aromatic heterocycles. The molecule has 7 heteroatoms. The number of Topliss-reactive ketones (excluding diaryl/α,β-unsaturated/α-hetero) is 1. The molecule has 0 heterocycles. The Morgan fingerprint density at radius 3 is 1.27 bits per heavy atom. The van der Waals surface area contributed by atoms with Crippen molar-refractivity contribution >= 4 is 17.7 Å². The van der Waals surface area contributed by atoms with E-state index in [9.17, 15) is 19.5 Å². The van der Waals surface area contributed by atoms with Crippen LogP contribution in [0, 0.1) is 0 Å². The number of hydrogen-bond donors (Lipinski definition) is 2. The van der Waals surface area contributed by atoms with Crippen LogP contribution < -0.4 is 5.73 Å². The van der Waals surface area contributed by atoms with Crippen molar-refractivity contribution in [2.75, 3.05) is 40.8 Å². The molecule has 0 spiro atoms. The van der Waals surface area contributed by atoms with Crippen molar-refractivity contribution in [1.82, 2.24) is 4.90 Å². The molecule has 41 heavy (non-hydrogen) atoms. The van der Waals surface area contributed by atoms with Crippen LogP contribution in [0.2, 0.25) is 0 Å². The van der Waals surface area contributed by atoms with Crippen LogP contribution in [0.25, 0.3) is 0 Å². The van der Waals surface area contributed by atoms with E-state index in [1.165, 1.54) is 89.9 Å². The zero-order chi connectivity index (χ0) is 31.0. The second-order valence-corrected chi connectivity index (χ2v) is 13.3. The number of unbranched alkanes of at least 4 members (excludes halogenated alkanes) is 18. The van der Waals surface area contributed by atoms with Crippen LogP contribution in [0.15, 0.2) is 0 Å². The zero-order valence-electron chi connectivity index (χ0n) is 27.8. The first-order valence-electron chi connectivity index (χ1n) is 17.1. The minimum Gasteiger partial charge on any atom is -0.481 e. The molecule has 0 saturated heterocycles. The molecule has 7 nitrogen and oxygen atoms in total. The fourth-order valence-electron chi connectivity index (χ4n) is 5.81. The van der Waals surface area contributed by atoms with Crippen LogP contribution in [0.1, 0.15) is 155 Å². The predicted octanol–water partition coefficient (Wildman–Crippen LogP) is 7.49. The number of likely N-dealkylation sites (N-methyl/N-ethyl adjacent to an activating group) is 1. The predicted molar refractivity (Wildman–Crippen MR) is 172 cm³/mol. The van der Waals surface area contributed by atoms with E-state index in [1.54, 1.807) is 0 Å². The van der Waals surface area contributed by atoms with Gasteiger partial charge in [0.1, 0.15) is 6.54 Å². The molecule has 0 unspecified atom stereocenters. The number of carbonyl (C=O) groups excluding carboxylic acids is 2. The lowest BCUT2D eigenvalue weighted by Crippen LogP contribution is -2.66. The lowest BCUT2D eigenvalue weighted by Gasteiger charge is -2.41. The summed E-state index contributed by atoms with van der Waals surface area (Å²) in [5, 5.41) is 9.50. The Morgan fingerprint density at radius 1 is 0.634 bits per heavy atom. The summed E-state index contributed by atoms with van der Waals surface area (Å²) in [6, 6.07) is 0. The molecule has 242 valence electrons. The summed E-state index contributed by atoms with van der Waals surface area (Å²) < 4.78 is 0.366. The summed E-state index contributed by atoms with van der Waals surface area (Å²) in [7, 11) is 5.74. The van der Waals surface area contributed by atoms with Gasteiger partial charge in [0.2, 0.25) is 11.7 Å². The molecule has 0 aromatic carbocycles. The topological polar surface area (TPSA) is 101 Å². The van der Waals surface area contributed by atoms with Crippen molar-refractivity contribution in [3.05, 3.63) is 0 Å². The highest BCUT2D eigenvalue weighted by atomic mass is 16.4. The third-order valence-corrected chi connectivity index (χ3v) is 8.29. The normalized spacial score (nSPS) is 13.4. The number of ketones is 1. The summed E-state index contributed by atoms with van der Waals surface area (Å²) in [5.74, 6) is -1.96.